The Labute approximate surface area is 76.1 Å². The molecule has 4 heteroatoms. The second kappa shape index (κ2) is 2.72. The maximum Gasteiger partial charge on any atom is 0.204 e. The molecule has 0 aromatic rings. The Balaban J connectivity index is 2.09. The molecule has 1 saturated carbocycles. The molecule has 1 aliphatic heterocycles. The van der Waals surface area contributed by atoms with Crippen molar-refractivity contribution in [2.75, 3.05) is 13.2 Å². The third-order valence-electron chi connectivity index (χ3n) is 2.77. The van der Waals surface area contributed by atoms with E-state index in [-0.39, 0.29) is 22.6 Å². The fourth-order valence-electron chi connectivity index (χ4n) is 1.79. The van der Waals surface area contributed by atoms with Crippen molar-refractivity contribution in [2.45, 2.75) is 30.7 Å². The van der Waals surface area contributed by atoms with Crippen LogP contribution in [0.5, 0.6) is 0 Å². The smallest absolute Gasteiger partial charge is 0.204 e. The van der Waals surface area contributed by atoms with Gasteiger partial charge in [-0.05, 0) is 19.8 Å². The van der Waals surface area contributed by atoms with Gasteiger partial charge in [-0.15, -0.1) is 0 Å². The fourth-order valence-corrected chi connectivity index (χ4v) is 2.81. The summed E-state index contributed by atoms with van der Waals surface area (Å²) < 4.78 is 0. The van der Waals surface area contributed by atoms with Gasteiger partial charge in [0, 0.05) is 5.54 Å². The lowest BCUT2D eigenvalue weighted by atomic mass is 10.2. The highest BCUT2D eigenvalue weighted by atomic mass is 32.2. The summed E-state index contributed by atoms with van der Waals surface area (Å²) in [5, 5.41) is 9.65. The van der Waals surface area contributed by atoms with Crippen LogP contribution in [0.2, 0.25) is 0 Å². The standard InChI is InChI=1S/C8H13NO2S/c1-6-9(4-7(11)12-6)8(5-10)2-3-8/h6,10H,2-5H2,1H3. The summed E-state index contributed by atoms with van der Waals surface area (Å²) >= 11 is 1.39. The van der Waals surface area contributed by atoms with E-state index < -0.39 is 0 Å². The molecule has 0 aromatic heterocycles. The zero-order chi connectivity index (χ0) is 8.77. The van der Waals surface area contributed by atoms with Crippen molar-refractivity contribution < 1.29 is 9.90 Å². The average Bonchev–Trinajstić information content (AvgIpc) is 2.74. The largest absolute Gasteiger partial charge is 0.394 e. The zero-order valence-corrected chi connectivity index (χ0v) is 7.93. The van der Waals surface area contributed by atoms with Gasteiger partial charge in [0.1, 0.15) is 0 Å². The Bertz CT molecular complexity index is 215. The van der Waals surface area contributed by atoms with Crippen LogP contribution in [0.3, 0.4) is 0 Å². The van der Waals surface area contributed by atoms with E-state index in [0.29, 0.717) is 6.54 Å². The summed E-state index contributed by atoms with van der Waals surface area (Å²) in [7, 11) is 0. The molecule has 12 heavy (non-hydrogen) atoms. The van der Waals surface area contributed by atoms with E-state index in [1.807, 2.05) is 6.92 Å². The van der Waals surface area contributed by atoms with E-state index in [0.717, 1.165) is 12.8 Å². The second-order valence-corrected chi connectivity index (χ2v) is 4.97. The van der Waals surface area contributed by atoms with E-state index in [4.69, 9.17) is 5.11 Å². The predicted molar refractivity (Wildman–Crippen MR) is 47.8 cm³/mol. The number of carbonyl (C=O) groups is 1. The van der Waals surface area contributed by atoms with Crippen molar-refractivity contribution in [1.29, 1.82) is 0 Å². The van der Waals surface area contributed by atoms with Gasteiger partial charge in [0.05, 0.1) is 18.5 Å². The Morgan fingerprint density at radius 1 is 1.75 bits per heavy atom. The SMILES string of the molecule is CC1SC(=O)CN1C1(CO)CC1. The second-order valence-electron chi connectivity index (χ2n) is 3.60. The van der Waals surface area contributed by atoms with Crippen molar-refractivity contribution in [2.24, 2.45) is 0 Å². The van der Waals surface area contributed by atoms with Gasteiger partial charge in [0.25, 0.3) is 0 Å². The summed E-state index contributed by atoms with van der Waals surface area (Å²) in [5.41, 5.74) is -0.0292. The van der Waals surface area contributed by atoms with Gasteiger partial charge in [0.15, 0.2) is 0 Å². The summed E-state index contributed by atoms with van der Waals surface area (Å²) in [6, 6.07) is 0. The monoisotopic (exact) mass is 187 g/mol. The fraction of sp³-hybridized carbons (Fsp3) is 0.875. The lowest BCUT2D eigenvalue weighted by Gasteiger charge is -2.27. The highest BCUT2D eigenvalue weighted by Crippen LogP contribution is 2.46. The lowest BCUT2D eigenvalue weighted by Crippen LogP contribution is -2.42. The van der Waals surface area contributed by atoms with Crippen LogP contribution in [-0.2, 0) is 4.79 Å². The number of aliphatic hydroxyl groups excluding tert-OH is 1. The van der Waals surface area contributed by atoms with Crippen molar-refractivity contribution in [1.82, 2.24) is 4.90 Å². The topological polar surface area (TPSA) is 40.5 Å². The van der Waals surface area contributed by atoms with Crippen LogP contribution in [-0.4, -0.2) is 39.2 Å². The molecule has 2 aliphatic rings. The van der Waals surface area contributed by atoms with E-state index in [2.05, 4.69) is 4.90 Å². The van der Waals surface area contributed by atoms with Gasteiger partial charge in [-0.2, -0.15) is 0 Å². The van der Waals surface area contributed by atoms with Crippen molar-refractivity contribution in [3.63, 3.8) is 0 Å². The predicted octanol–water partition coefficient (Wildman–Crippen LogP) is 0.433. The first-order valence-electron chi connectivity index (χ1n) is 4.25. The van der Waals surface area contributed by atoms with Gasteiger partial charge < -0.3 is 5.11 Å². The van der Waals surface area contributed by atoms with Gasteiger partial charge in [0.2, 0.25) is 5.12 Å². The van der Waals surface area contributed by atoms with E-state index in [1.54, 1.807) is 0 Å². The molecule has 1 heterocycles. The molecule has 0 amide bonds. The molecule has 0 bridgehead atoms. The first kappa shape index (κ1) is 8.53. The Morgan fingerprint density at radius 3 is 2.75 bits per heavy atom. The molecular formula is C8H13NO2S. The number of aliphatic hydroxyl groups is 1. The van der Waals surface area contributed by atoms with Crippen LogP contribution in [0, 0.1) is 0 Å². The molecule has 68 valence electrons. The van der Waals surface area contributed by atoms with Gasteiger partial charge in [-0.25, -0.2) is 0 Å². The van der Waals surface area contributed by atoms with Gasteiger partial charge >= 0.3 is 0 Å². The van der Waals surface area contributed by atoms with Gasteiger partial charge in [-0.3, -0.25) is 9.69 Å². The minimum Gasteiger partial charge on any atom is -0.394 e. The number of rotatable bonds is 2. The van der Waals surface area contributed by atoms with Crippen LogP contribution in [0.1, 0.15) is 19.8 Å². The zero-order valence-electron chi connectivity index (χ0n) is 7.12. The average molecular weight is 187 g/mol. The minimum atomic E-state index is -0.0292. The van der Waals surface area contributed by atoms with Crippen LogP contribution in [0.15, 0.2) is 0 Å². The summed E-state index contributed by atoms with van der Waals surface area (Å²) in [4.78, 5) is 13.2. The van der Waals surface area contributed by atoms with E-state index in [1.165, 1.54) is 11.8 Å². The molecule has 0 radical (unpaired) electrons. The minimum absolute atomic E-state index is 0.0292. The molecule has 0 aromatic carbocycles. The third kappa shape index (κ3) is 1.18. The Hall–Kier alpha value is -0.0600. The summed E-state index contributed by atoms with van der Waals surface area (Å²) in [6.07, 6.45) is 2.09. The summed E-state index contributed by atoms with van der Waals surface area (Å²) in [6.45, 7) is 2.75. The maximum absolute atomic E-state index is 11.1. The highest BCUT2D eigenvalue weighted by molar-refractivity contribution is 8.14. The molecule has 3 nitrogen and oxygen atoms in total. The number of hydrogen-bond acceptors (Lipinski definition) is 4. The number of nitrogens with zero attached hydrogens (tertiary/aromatic N) is 1. The molecule has 1 atom stereocenters. The normalized spacial score (nSPS) is 34.2. The van der Waals surface area contributed by atoms with E-state index in [9.17, 15) is 4.79 Å². The van der Waals surface area contributed by atoms with Crippen LogP contribution in [0.4, 0.5) is 0 Å². The third-order valence-corrected chi connectivity index (χ3v) is 3.76. The Kier molecular flexibility index (Phi) is 1.93. The summed E-state index contributed by atoms with van der Waals surface area (Å²) in [5.74, 6) is 0. The molecule has 1 saturated heterocycles. The molecular weight excluding hydrogens is 174 g/mol. The Morgan fingerprint density at radius 2 is 2.42 bits per heavy atom. The molecule has 1 N–H and O–H groups in total. The maximum atomic E-state index is 11.1. The van der Waals surface area contributed by atoms with E-state index >= 15 is 0 Å². The lowest BCUT2D eigenvalue weighted by molar-refractivity contribution is -0.111. The molecule has 1 unspecified atom stereocenters. The van der Waals surface area contributed by atoms with Crippen molar-refractivity contribution >= 4 is 16.9 Å². The molecule has 2 fully saturated rings. The molecule has 1 aliphatic carbocycles. The van der Waals surface area contributed by atoms with Crippen LogP contribution < -0.4 is 0 Å². The van der Waals surface area contributed by atoms with Crippen molar-refractivity contribution in [3.05, 3.63) is 0 Å². The van der Waals surface area contributed by atoms with Crippen molar-refractivity contribution in [3.8, 4) is 0 Å². The number of hydrogen-bond donors (Lipinski definition) is 1. The first-order chi connectivity index (χ1) is 5.68. The molecule has 2 rings (SSSR count). The number of thioether (sulfide) groups is 1. The quantitative estimate of drug-likeness (QED) is 0.680. The van der Waals surface area contributed by atoms with Crippen LogP contribution in [0.25, 0.3) is 0 Å². The van der Waals surface area contributed by atoms with Crippen LogP contribution >= 0.6 is 11.8 Å². The molecule has 0 spiro atoms. The van der Waals surface area contributed by atoms with Gasteiger partial charge in [-0.1, -0.05) is 11.8 Å². The highest BCUT2D eigenvalue weighted by Gasteiger charge is 2.52. The first-order valence-corrected chi connectivity index (χ1v) is 5.13. The number of carbonyl (C=O) groups excluding carboxylic acids is 1.